The van der Waals surface area contributed by atoms with Crippen LogP contribution in [0.1, 0.15) is 41.5 Å². The Balaban J connectivity index is 5.13. The van der Waals surface area contributed by atoms with Crippen LogP contribution in [0, 0.1) is 10.8 Å². The van der Waals surface area contributed by atoms with E-state index in [1.165, 1.54) is 0 Å². The van der Waals surface area contributed by atoms with Crippen molar-refractivity contribution in [2.24, 2.45) is 10.8 Å². The topological polar surface area (TPSA) is 0 Å². The van der Waals surface area contributed by atoms with Crippen LogP contribution < -0.4 is 0 Å². The van der Waals surface area contributed by atoms with Crippen molar-refractivity contribution in [1.29, 1.82) is 0 Å². The van der Waals surface area contributed by atoms with E-state index in [1.54, 1.807) is 0 Å². The van der Waals surface area contributed by atoms with Gasteiger partial charge < -0.3 is 0 Å². The minimum Gasteiger partial charge on any atom is -0.173 e. The molecule has 0 aromatic heterocycles. The van der Waals surface area contributed by atoms with Gasteiger partial charge in [-0.25, -0.2) is 0 Å². The SMILES string of the molecule is CC(C)(C)C(=C(F)F)C(C)(C)C. The Kier molecular flexibility index (Phi) is 3.05. The summed E-state index contributed by atoms with van der Waals surface area (Å²) in [4.78, 5) is 0. The molecular weight excluding hydrogens is 158 g/mol. The largest absolute Gasteiger partial charge is 0.270 e. The molecule has 72 valence electrons. The van der Waals surface area contributed by atoms with Crippen LogP contribution in [-0.2, 0) is 0 Å². The van der Waals surface area contributed by atoms with E-state index in [0.717, 1.165) is 0 Å². The molecule has 0 saturated carbocycles. The summed E-state index contributed by atoms with van der Waals surface area (Å²) in [6.07, 6.45) is -1.53. The third-order valence-corrected chi connectivity index (χ3v) is 1.69. The van der Waals surface area contributed by atoms with Crippen LogP contribution in [0.25, 0.3) is 0 Å². The fourth-order valence-corrected chi connectivity index (χ4v) is 1.69. The fourth-order valence-electron chi connectivity index (χ4n) is 1.69. The van der Waals surface area contributed by atoms with Crippen LogP contribution in [0.2, 0.25) is 0 Å². The van der Waals surface area contributed by atoms with Gasteiger partial charge in [0.25, 0.3) is 6.08 Å². The Morgan fingerprint density at radius 3 is 1.00 bits per heavy atom. The minimum atomic E-state index is -1.53. The van der Waals surface area contributed by atoms with Crippen molar-refractivity contribution in [1.82, 2.24) is 0 Å². The maximum atomic E-state index is 12.6. The molecule has 0 aliphatic rings. The highest BCUT2D eigenvalue weighted by Gasteiger charge is 2.32. The third kappa shape index (κ3) is 2.92. The van der Waals surface area contributed by atoms with E-state index >= 15 is 0 Å². The first-order chi connectivity index (χ1) is 5.07. The van der Waals surface area contributed by atoms with E-state index in [2.05, 4.69) is 0 Å². The highest BCUT2D eigenvalue weighted by Crippen LogP contribution is 2.41. The Morgan fingerprint density at radius 2 is 1.00 bits per heavy atom. The van der Waals surface area contributed by atoms with Gasteiger partial charge in [0, 0.05) is 5.57 Å². The van der Waals surface area contributed by atoms with E-state index in [1.807, 2.05) is 41.5 Å². The van der Waals surface area contributed by atoms with Crippen molar-refractivity contribution in [3.8, 4) is 0 Å². The molecule has 0 heterocycles. The fraction of sp³-hybridized carbons (Fsp3) is 0.800. The van der Waals surface area contributed by atoms with Gasteiger partial charge in [-0.15, -0.1) is 0 Å². The zero-order valence-electron chi connectivity index (χ0n) is 8.76. The first kappa shape index (κ1) is 11.6. The van der Waals surface area contributed by atoms with E-state index in [-0.39, 0.29) is 5.57 Å². The summed E-state index contributed by atoms with van der Waals surface area (Å²) < 4.78 is 25.1. The van der Waals surface area contributed by atoms with Gasteiger partial charge in [-0.1, -0.05) is 41.5 Å². The van der Waals surface area contributed by atoms with Gasteiger partial charge in [0.05, 0.1) is 0 Å². The average Bonchev–Trinajstić information content (AvgIpc) is 1.49. The lowest BCUT2D eigenvalue weighted by atomic mass is 9.72. The predicted octanol–water partition coefficient (Wildman–Crippen LogP) is 4.23. The Morgan fingerprint density at radius 1 is 0.750 bits per heavy atom. The second kappa shape index (κ2) is 3.15. The standard InChI is InChI=1S/C10H18F2/c1-9(2,3)7(8(11)12)10(4,5)6/h1-6H3. The molecular formula is C10H18F2. The monoisotopic (exact) mass is 176 g/mol. The summed E-state index contributed by atoms with van der Waals surface area (Å²) in [5.74, 6) is 0. The van der Waals surface area contributed by atoms with Crippen LogP contribution in [0.5, 0.6) is 0 Å². The molecule has 0 atom stereocenters. The average molecular weight is 176 g/mol. The number of allylic oxidation sites excluding steroid dienone is 1. The lowest BCUT2D eigenvalue weighted by molar-refractivity contribution is 0.296. The molecule has 0 rings (SSSR count). The van der Waals surface area contributed by atoms with E-state index in [9.17, 15) is 8.78 Å². The van der Waals surface area contributed by atoms with Gasteiger partial charge in [0.1, 0.15) is 0 Å². The molecule has 0 aliphatic heterocycles. The van der Waals surface area contributed by atoms with Crippen molar-refractivity contribution in [2.45, 2.75) is 41.5 Å². The Hall–Kier alpha value is -0.400. The normalized spacial score (nSPS) is 13.0. The molecule has 0 radical (unpaired) electrons. The zero-order chi connectivity index (χ0) is 10.2. The molecule has 0 amide bonds. The van der Waals surface area contributed by atoms with Crippen LogP contribution in [0.3, 0.4) is 0 Å². The first-order valence-electron chi connectivity index (χ1n) is 4.13. The maximum Gasteiger partial charge on any atom is 0.270 e. The summed E-state index contributed by atoms with van der Waals surface area (Å²) in [5, 5.41) is 0. The van der Waals surface area contributed by atoms with Gasteiger partial charge in [-0.3, -0.25) is 0 Å². The lowest BCUT2D eigenvalue weighted by Crippen LogP contribution is -2.23. The van der Waals surface area contributed by atoms with Gasteiger partial charge in [0.2, 0.25) is 0 Å². The van der Waals surface area contributed by atoms with Gasteiger partial charge in [-0.05, 0) is 10.8 Å². The van der Waals surface area contributed by atoms with Gasteiger partial charge in [-0.2, -0.15) is 8.78 Å². The minimum absolute atomic E-state index is 0.245. The van der Waals surface area contributed by atoms with E-state index in [4.69, 9.17) is 0 Å². The van der Waals surface area contributed by atoms with Gasteiger partial charge in [0.15, 0.2) is 0 Å². The molecule has 0 aromatic carbocycles. The van der Waals surface area contributed by atoms with Gasteiger partial charge >= 0.3 is 0 Å². The Labute approximate surface area is 73.7 Å². The van der Waals surface area contributed by atoms with Crippen molar-refractivity contribution in [3.63, 3.8) is 0 Å². The quantitative estimate of drug-likeness (QED) is 0.518. The molecule has 0 unspecified atom stereocenters. The van der Waals surface area contributed by atoms with Crippen LogP contribution >= 0.6 is 0 Å². The molecule has 12 heavy (non-hydrogen) atoms. The number of hydrogen-bond acceptors (Lipinski definition) is 0. The van der Waals surface area contributed by atoms with Crippen molar-refractivity contribution < 1.29 is 8.78 Å². The summed E-state index contributed by atoms with van der Waals surface area (Å²) in [5.41, 5.74) is -0.649. The summed E-state index contributed by atoms with van der Waals surface area (Å²) in [6.45, 7) is 10.9. The number of rotatable bonds is 0. The highest BCUT2D eigenvalue weighted by molar-refractivity contribution is 5.18. The van der Waals surface area contributed by atoms with Crippen molar-refractivity contribution in [3.05, 3.63) is 11.7 Å². The molecule has 0 aliphatic carbocycles. The summed E-state index contributed by atoms with van der Waals surface area (Å²) in [7, 11) is 0. The summed E-state index contributed by atoms with van der Waals surface area (Å²) in [6, 6.07) is 0. The van der Waals surface area contributed by atoms with E-state index in [0.29, 0.717) is 0 Å². The number of hydrogen-bond donors (Lipinski definition) is 0. The van der Waals surface area contributed by atoms with Crippen LogP contribution in [0.15, 0.2) is 11.7 Å². The molecule has 0 nitrogen and oxygen atoms in total. The molecule has 0 N–H and O–H groups in total. The maximum absolute atomic E-state index is 12.6. The Bertz CT molecular complexity index is 169. The molecule has 0 saturated heterocycles. The number of halogens is 2. The predicted molar refractivity (Wildman–Crippen MR) is 48.2 cm³/mol. The molecule has 0 spiro atoms. The smallest absolute Gasteiger partial charge is 0.173 e. The molecule has 0 fully saturated rings. The van der Waals surface area contributed by atoms with Crippen LogP contribution in [-0.4, -0.2) is 0 Å². The highest BCUT2D eigenvalue weighted by atomic mass is 19.3. The zero-order valence-corrected chi connectivity index (χ0v) is 8.76. The van der Waals surface area contributed by atoms with E-state index < -0.39 is 16.9 Å². The lowest BCUT2D eigenvalue weighted by Gasteiger charge is -2.32. The van der Waals surface area contributed by atoms with Crippen molar-refractivity contribution in [2.75, 3.05) is 0 Å². The third-order valence-electron chi connectivity index (χ3n) is 1.69. The molecule has 2 heteroatoms. The first-order valence-corrected chi connectivity index (χ1v) is 4.13. The summed E-state index contributed by atoms with van der Waals surface area (Å²) >= 11 is 0. The second-order valence-corrected chi connectivity index (χ2v) is 5.14. The molecule has 0 bridgehead atoms. The van der Waals surface area contributed by atoms with Crippen LogP contribution in [0.4, 0.5) is 8.78 Å². The molecule has 0 aromatic rings. The van der Waals surface area contributed by atoms with Crippen molar-refractivity contribution >= 4 is 0 Å². The second-order valence-electron chi connectivity index (χ2n) is 5.14.